The van der Waals surface area contributed by atoms with Crippen LogP contribution in [0.2, 0.25) is 0 Å². The average Bonchev–Trinajstić information content (AvgIpc) is 2.62. The van der Waals surface area contributed by atoms with Gasteiger partial charge in [-0.2, -0.15) is 0 Å². The zero-order valence-corrected chi connectivity index (χ0v) is 11.6. The van der Waals surface area contributed by atoms with Gasteiger partial charge in [-0.15, -0.1) is 0 Å². The van der Waals surface area contributed by atoms with E-state index in [9.17, 15) is 4.39 Å². The SMILES string of the molecule is COc1ccc(C(N)c2c(C)oc(C)c2C)cc1F. The lowest BCUT2D eigenvalue weighted by Gasteiger charge is -2.14. The highest BCUT2D eigenvalue weighted by Gasteiger charge is 2.20. The summed E-state index contributed by atoms with van der Waals surface area (Å²) in [7, 11) is 1.44. The highest BCUT2D eigenvalue weighted by molar-refractivity contribution is 5.42. The molecule has 0 aliphatic rings. The second-order valence-corrected chi connectivity index (χ2v) is 4.62. The van der Waals surface area contributed by atoms with Crippen LogP contribution < -0.4 is 10.5 Å². The molecule has 1 heterocycles. The lowest BCUT2D eigenvalue weighted by atomic mass is 9.96. The van der Waals surface area contributed by atoms with Crippen LogP contribution in [0.15, 0.2) is 22.6 Å². The Hall–Kier alpha value is -1.81. The molecule has 3 nitrogen and oxygen atoms in total. The quantitative estimate of drug-likeness (QED) is 0.923. The Labute approximate surface area is 112 Å². The summed E-state index contributed by atoms with van der Waals surface area (Å²) in [6.45, 7) is 5.73. The Bertz CT molecular complexity index is 604. The maximum Gasteiger partial charge on any atom is 0.165 e. The van der Waals surface area contributed by atoms with Crippen molar-refractivity contribution in [2.75, 3.05) is 7.11 Å². The third kappa shape index (κ3) is 2.36. The molecule has 2 aromatic rings. The fourth-order valence-corrected chi connectivity index (χ4v) is 2.31. The van der Waals surface area contributed by atoms with Gasteiger partial charge in [-0.3, -0.25) is 0 Å². The maximum atomic E-state index is 13.7. The third-order valence-corrected chi connectivity index (χ3v) is 3.46. The van der Waals surface area contributed by atoms with E-state index in [2.05, 4.69) is 0 Å². The predicted molar refractivity (Wildman–Crippen MR) is 71.9 cm³/mol. The number of hydrogen-bond acceptors (Lipinski definition) is 3. The van der Waals surface area contributed by atoms with Gasteiger partial charge in [-0.1, -0.05) is 6.07 Å². The molecule has 0 aliphatic heterocycles. The van der Waals surface area contributed by atoms with E-state index < -0.39 is 11.9 Å². The highest BCUT2D eigenvalue weighted by atomic mass is 19.1. The summed E-state index contributed by atoms with van der Waals surface area (Å²) >= 11 is 0. The van der Waals surface area contributed by atoms with Crippen LogP contribution in [0.1, 0.15) is 34.3 Å². The number of furan rings is 1. The summed E-state index contributed by atoms with van der Waals surface area (Å²) in [5, 5.41) is 0. The number of nitrogens with two attached hydrogens (primary N) is 1. The smallest absolute Gasteiger partial charge is 0.165 e. The van der Waals surface area contributed by atoms with Gasteiger partial charge in [0.15, 0.2) is 11.6 Å². The van der Waals surface area contributed by atoms with Crippen LogP contribution in [0.4, 0.5) is 4.39 Å². The monoisotopic (exact) mass is 263 g/mol. The Morgan fingerprint density at radius 2 is 1.89 bits per heavy atom. The minimum Gasteiger partial charge on any atom is -0.494 e. The fourth-order valence-electron chi connectivity index (χ4n) is 2.31. The van der Waals surface area contributed by atoms with Gasteiger partial charge in [0.1, 0.15) is 11.5 Å². The standard InChI is InChI=1S/C15H18FNO2/c1-8-9(2)19-10(3)14(8)15(17)11-5-6-13(18-4)12(16)7-11/h5-7,15H,17H2,1-4H3. The van der Waals surface area contributed by atoms with Crippen molar-refractivity contribution in [2.45, 2.75) is 26.8 Å². The number of benzene rings is 1. The van der Waals surface area contributed by atoms with E-state index in [1.807, 2.05) is 20.8 Å². The molecule has 1 aromatic carbocycles. The first-order valence-electron chi connectivity index (χ1n) is 6.11. The van der Waals surface area contributed by atoms with Crippen molar-refractivity contribution < 1.29 is 13.5 Å². The minimum absolute atomic E-state index is 0.216. The summed E-state index contributed by atoms with van der Waals surface area (Å²) in [6, 6.07) is 4.36. The number of ether oxygens (including phenoxy) is 1. The topological polar surface area (TPSA) is 48.4 Å². The molecule has 19 heavy (non-hydrogen) atoms. The van der Waals surface area contributed by atoms with Gasteiger partial charge in [0.2, 0.25) is 0 Å². The lowest BCUT2D eigenvalue weighted by Crippen LogP contribution is -2.13. The molecule has 102 valence electrons. The van der Waals surface area contributed by atoms with Crippen molar-refractivity contribution in [3.8, 4) is 5.75 Å². The average molecular weight is 263 g/mol. The van der Waals surface area contributed by atoms with E-state index in [0.717, 1.165) is 22.6 Å². The van der Waals surface area contributed by atoms with Crippen molar-refractivity contribution in [1.29, 1.82) is 0 Å². The van der Waals surface area contributed by atoms with Crippen molar-refractivity contribution in [1.82, 2.24) is 0 Å². The summed E-state index contributed by atoms with van der Waals surface area (Å²) in [6.07, 6.45) is 0. The number of aryl methyl sites for hydroxylation is 2. The van der Waals surface area contributed by atoms with Gasteiger partial charge < -0.3 is 14.9 Å². The molecule has 0 saturated carbocycles. The molecule has 1 unspecified atom stereocenters. The molecule has 2 rings (SSSR count). The number of hydrogen-bond donors (Lipinski definition) is 1. The second kappa shape index (κ2) is 5.05. The van der Waals surface area contributed by atoms with Crippen molar-refractivity contribution in [3.63, 3.8) is 0 Å². The van der Waals surface area contributed by atoms with Gasteiger partial charge in [0.25, 0.3) is 0 Å². The van der Waals surface area contributed by atoms with Gasteiger partial charge >= 0.3 is 0 Å². The normalized spacial score (nSPS) is 12.5. The Morgan fingerprint density at radius 1 is 1.21 bits per heavy atom. The zero-order chi connectivity index (χ0) is 14.2. The fraction of sp³-hybridized carbons (Fsp3) is 0.333. The van der Waals surface area contributed by atoms with Crippen LogP contribution >= 0.6 is 0 Å². The molecule has 0 bridgehead atoms. The van der Waals surface area contributed by atoms with Crippen molar-refractivity contribution >= 4 is 0 Å². The molecule has 0 aliphatic carbocycles. The van der Waals surface area contributed by atoms with E-state index >= 15 is 0 Å². The lowest BCUT2D eigenvalue weighted by molar-refractivity contribution is 0.386. The van der Waals surface area contributed by atoms with Crippen LogP contribution in [0.5, 0.6) is 5.75 Å². The van der Waals surface area contributed by atoms with Crippen LogP contribution in [0, 0.1) is 26.6 Å². The molecule has 1 aromatic heterocycles. The van der Waals surface area contributed by atoms with E-state index in [-0.39, 0.29) is 5.75 Å². The molecule has 4 heteroatoms. The minimum atomic E-state index is -0.411. The van der Waals surface area contributed by atoms with Crippen LogP contribution in [-0.2, 0) is 0 Å². The molecule has 0 spiro atoms. The zero-order valence-electron chi connectivity index (χ0n) is 11.6. The molecule has 2 N–H and O–H groups in total. The summed E-state index contributed by atoms with van der Waals surface area (Å²) in [5.41, 5.74) is 8.86. The van der Waals surface area contributed by atoms with Crippen molar-refractivity contribution in [2.24, 2.45) is 5.73 Å². The van der Waals surface area contributed by atoms with Crippen molar-refractivity contribution in [3.05, 3.63) is 52.2 Å². The number of rotatable bonds is 3. The Kier molecular flexibility index (Phi) is 3.62. The van der Waals surface area contributed by atoms with Gasteiger partial charge in [-0.25, -0.2) is 4.39 Å². The second-order valence-electron chi connectivity index (χ2n) is 4.62. The Balaban J connectivity index is 2.44. The highest BCUT2D eigenvalue weighted by Crippen LogP contribution is 2.31. The molecule has 1 atom stereocenters. The van der Waals surface area contributed by atoms with Gasteiger partial charge in [0.05, 0.1) is 13.2 Å². The molecule has 0 fully saturated rings. The molecule has 0 saturated heterocycles. The predicted octanol–water partition coefficient (Wildman–Crippen LogP) is 3.40. The number of halogens is 1. The molecule has 0 amide bonds. The number of methoxy groups -OCH3 is 1. The molecular weight excluding hydrogens is 245 g/mol. The molecular formula is C15H18FNO2. The maximum absolute atomic E-state index is 13.7. The molecule has 0 radical (unpaired) electrons. The largest absolute Gasteiger partial charge is 0.494 e. The van der Waals surface area contributed by atoms with Gasteiger partial charge in [-0.05, 0) is 44.0 Å². The van der Waals surface area contributed by atoms with Crippen LogP contribution in [0.25, 0.3) is 0 Å². The van der Waals surface area contributed by atoms with E-state index in [4.69, 9.17) is 14.9 Å². The first-order valence-corrected chi connectivity index (χ1v) is 6.11. The van der Waals surface area contributed by atoms with E-state index in [1.54, 1.807) is 12.1 Å². The Morgan fingerprint density at radius 3 is 2.37 bits per heavy atom. The van der Waals surface area contributed by atoms with Gasteiger partial charge in [0, 0.05) is 5.56 Å². The third-order valence-electron chi connectivity index (χ3n) is 3.46. The van der Waals surface area contributed by atoms with E-state index in [1.165, 1.54) is 13.2 Å². The summed E-state index contributed by atoms with van der Waals surface area (Å²) < 4.78 is 24.2. The first-order chi connectivity index (χ1) is 8.95. The van der Waals surface area contributed by atoms with E-state index in [0.29, 0.717) is 5.56 Å². The van der Waals surface area contributed by atoms with Crippen LogP contribution in [0.3, 0.4) is 0 Å². The summed E-state index contributed by atoms with van der Waals surface area (Å²) in [5.74, 6) is 1.43. The first kappa shape index (κ1) is 13.6. The summed E-state index contributed by atoms with van der Waals surface area (Å²) in [4.78, 5) is 0. The van der Waals surface area contributed by atoms with Crippen LogP contribution in [-0.4, -0.2) is 7.11 Å².